The molecule has 1 amide bonds. The highest BCUT2D eigenvalue weighted by Crippen LogP contribution is 2.35. The van der Waals surface area contributed by atoms with Gasteiger partial charge in [-0.15, -0.1) is 0 Å². The molecule has 1 aromatic rings. The summed E-state index contributed by atoms with van der Waals surface area (Å²) in [5.41, 5.74) is 0.0620. The van der Waals surface area contributed by atoms with Crippen LogP contribution in [0.25, 0.3) is 0 Å². The fraction of sp³-hybridized carbons (Fsp3) is 0.667. The first kappa shape index (κ1) is 19.8. The summed E-state index contributed by atoms with van der Waals surface area (Å²) in [7, 11) is 0. The minimum absolute atomic E-state index is 0.267. The molecule has 1 aromatic heterocycles. The molecule has 0 radical (unpaired) electrons. The van der Waals surface area contributed by atoms with Gasteiger partial charge in [0, 0.05) is 25.5 Å². The average molecular weight is 373 g/mol. The summed E-state index contributed by atoms with van der Waals surface area (Å²) < 4.78 is 0. The van der Waals surface area contributed by atoms with Crippen molar-refractivity contribution < 1.29 is 14.7 Å². The number of pyridine rings is 1. The number of hydrogen-bond acceptors (Lipinski definition) is 4. The maximum atomic E-state index is 12.8. The number of piperidine rings is 1. The first-order chi connectivity index (χ1) is 13.1. The van der Waals surface area contributed by atoms with Gasteiger partial charge in [-0.05, 0) is 62.4 Å². The van der Waals surface area contributed by atoms with Gasteiger partial charge in [-0.2, -0.15) is 0 Å². The molecule has 3 rings (SSSR count). The summed E-state index contributed by atoms with van der Waals surface area (Å²) in [6, 6.07) is 4.09. The summed E-state index contributed by atoms with van der Waals surface area (Å²) in [6.07, 6.45) is 10.4. The monoisotopic (exact) mass is 373 g/mol. The lowest BCUT2D eigenvalue weighted by atomic mass is 9.79. The molecule has 2 fully saturated rings. The summed E-state index contributed by atoms with van der Waals surface area (Å²) in [6.45, 7) is 3.54. The molecule has 1 aliphatic carbocycles. The first-order valence-electron chi connectivity index (χ1n) is 10.2. The van der Waals surface area contributed by atoms with Gasteiger partial charge in [-0.1, -0.05) is 25.7 Å². The molecule has 0 bridgehead atoms. The number of nitrogens with zero attached hydrogens (tertiary/aromatic N) is 2. The van der Waals surface area contributed by atoms with E-state index >= 15 is 0 Å². The molecule has 2 aliphatic rings. The quantitative estimate of drug-likeness (QED) is 0.592. The third-order valence-corrected chi connectivity index (χ3v) is 6.22. The van der Waals surface area contributed by atoms with E-state index in [9.17, 15) is 14.7 Å². The van der Waals surface area contributed by atoms with Crippen molar-refractivity contribution in [2.75, 3.05) is 19.6 Å². The van der Waals surface area contributed by atoms with Gasteiger partial charge < -0.3 is 10.4 Å². The van der Waals surface area contributed by atoms with Crippen molar-refractivity contribution in [2.45, 2.75) is 57.9 Å². The van der Waals surface area contributed by atoms with Crippen molar-refractivity contribution >= 4 is 11.9 Å². The predicted molar refractivity (Wildman–Crippen MR) is 103 cm³/mol. The Hall–Kier alpha value is -1.95. The van der Waals surface area contributed by atoms with Crippen LogP contribution in [-0.4, -0.2) is 46.5 Å². The van der Waals surface area contributed by atoms with E-state index in [1.807, 2.05) is 24.5 Å². The van der Waals surface area contributed by atoms with Crippen molar-refractivity contribution in [1.82, 2.24) is 15.2 Å². The number of rotatable bonds is 6. The second-order valence-corrected chi connectivity index (χ2v) is 8.09. The van der Waals surface area contributed by atoms with Crippen LogP contribution in [0.5, 0.6) is 0 Å². The van der Waals surface area contributed by atoms with E-state index in [0.717, 1.165) is 58.2 Å². The Morgan fingerprint density at radius 3 is 2.33 bits per heavy atom. The fourth-order valence-corrected chi connectivity index (χ4v) is 4.37. The number of amides is 1. The highest BCUT2D eigenvalue weighted by Gasteiger charge is 2.45. The molecule has 0 spiro atoms. The number of carbonyl (C=O) groups is 2. The smallest absolute Gasteiger partial charge is 0.319 e. The lowest BCUT2D eigenvalue weighted by Crippen LogP contribution is -2.48. The minimum atomic E-state index is -1.21. The van der Waals surface area contributed by atoms with Crippen LogP contribution in [-0.2, 0) is 16.1 Å². The van der Waals surface area contributed by atoms with Gasteiger partial charge in [-0.25, -0.2) is 0 Å². The molecule has 2 N–H and O–H groups in total. The van der Waals surface area contributed by atoms with Gasteiger partial charge in [0.25, 0.3) is 0 Å². The lowest BCUT2D eigenvalue weighted by Gasteiger charge is -2.33. The Morgan fingerprint density at radius 1 is 1.11 bits per heavy atom. The van der Waals surface area contributed by atoms with Gasteiger partial charge in [0.15, 0.2) is 0 Å². The van der Waals surface area contributed by atoms with Crippen molar-refractivity contribution in [2.24, 2.45) is 11.3 Å². The minimum Gasteiger partial charge on any atom is -0.480 e. The third kappa shape index (κ3) is 5.06. The Kier molecular flexibility index (Phi) is 6.83. The van der Waals surface area contributed by atoms with E-state index < -0.39 is 11.4 Å². The molecule has 0 unspecified atom stereocenters. The number of aliphatic carboxylic acids is 1. The molecule has 0 atom stereocenters. The topological polar surface area (TPSA) is 82.5 Å². The van der Waals surface area contributed by atoms with E-state index in [2.05, 4.69) is 15.2 Å². The van der Waals surface area contributed by atoms with Crippen molar-refractivity contribution in [3.63, 3.8) is 0 Å². The molecule has 27 heavy (non-hydrogen) atoms. The number of nitrogens with one attached hydrogen (secondary N) is 1. The molecule has 6 heteroatoms. The largest absolute Gasteiger partial charge is 0.480 e. The molecule has 1 saturated carbocycles. The molecular weight excluding hydrogens is 342 g/mol. The summed E-state index contributed by atoms with van der Waals surface area (Å²) >= 11 is 0. The van der Waals surface area contributed by atoms with Crippen LogP contribution in [0.15, 0.2) is 24.5 Å². The van der Waals surface area contributed by atoms with Gasteiger partial charge in [0.1, 0.15) is 5.41 Å². The fourth-order valence-electron chi connectivity index (χ4n) is 4.37. The standard InChI is InChI=1S/C21H31N3O3/c25-19(21(20(26)27)9-3-1-2-4-10-21)23-15-17-7-13-24(14-8-17)16-18-5-11-22-12-6-18/h5-6,11-12,17H,1-4,7-10,13-16H2,(H,23,25)(H,26,27). The molecule has 2 heterocycles. The Morgan fingerprint density at radius 2 is 1.74 bits per heavy atom. The summed E-state index contributed by atoms with van der Waals surface area (Å²) in [5.74, 6) is -0.788. The van der Waals surface area contributed by atoms with Crippen LogP contribution < -0.4 is 5.32 Å². The van der Waals surface area contributed by atoms with E-state index in [0.29, 0.717) is 25.3 Å². The molecule has 1 saturated heterocycles. The highest BCUT2D eigenvalue weighted by atomic mass is 16.4. The molecular formula is C21H31N3O3. The van der Waals surface area contributed by atoms with Gasteiger partial charge in [0.05, 0.1) is 0 Å². The summed E-state index contributed by atoms with van der Waals surface area (Å²) in [5, 5.41) is 12.7. The zero-order valence-corrected chi connectivity index (χ0v) is 16.0. The number of likely N-dealkylation sites (tertiary alicyclic amines) is 1. The molecule has 148 valence electrons. The van der Waals surface area contributed by atoms with Crippen LogP contribution in [0.2, 0.25) is 0 Å². The second-order valence-electron chi connectivity index (χ2n) is 8.09. The maximum Gasteiger partial charge on any atom is 0.319 e. The maximum absolute atomic E-state index is 12.8. The lowest BCUT2D eigenvalue weighted by molar-refractivity contribution is -0.157. The third-order valence-electron chi connectivity index (χ3n) is 6.22. The van der Waals surface area contributed by atoms with Crippen LogP contribution in [0.3, 0.4) is 0 Å². The van der Waals surface area contributed by atoms with E-state index in [1.54, 1.807) is 0 Å². The SMILES string of the molecule is O=C(O)C1(C(=O)NCC2CCN(Cc3ccncc3)CC2)CCCCCC1. The molecule has 6 nitrogen and oxygen atoms in total. The van der Waals surface area contributed by atoms with Crippen molar-refractivity contribution in [1.29, 1.82) is 0 Å². The second kappa shape index (κ2) is 9.31. The normalized spacial score (nSPS) is 21.3. The Labute approximate surface area is 161 Å². The molecule has 1 aliphatic heterocycles. The zero-order chi connectivity index (χ0) is 19.1. The average Bonchev–Trinajstić information content (AvgIpc) is 2.95. The van der Waals surface area contributed by atoms with E-state index in [-0.39, 0.29) is 5.91 Å². The number of carbonyl (C=O) groups excluding carboxylic acids is 1. The van der Waals surface area contributed by atoms with Gasteiger partial charge in [-0.3, -0.25) is 19.5 Å². The number of hydrogen-bond donors (Lipinski definition) is 2. The first-order valence-corrected chi connectivity index (χ1v) is 10.2. The van der Waals surface area contributed by atoms with Gasteiger partial charge in [0.2, 0.25) is 5.91 Å². The Balaban J connectivity index is 1.46. The Bertz CT molecular complexity index is 619. The zero-order valence-electron chi connectivity index (χ0n) is 16.0. The van der Waals surface area contributed by atoms with Crippen molar-refractivity contribution in [3.8, 4) is 0 Å². The van der Waals surface area contributed by atoms with Crippen LogP contribution >= 0.6 is 0 Å². The van der Waals surface area contributed by atoms with Gasteiger partial charge >= 0.3 is 5.97 Å². The predicted octanol–water partition coefficient (Wildman–Crippen LogP) is 2.84. The molecule has 0 aromatic carbocycles. The van der Waals surface area contributed by atoms with Crippen LogP contribution in [0.1, 0.15) is 56.9 Å². The van der Waals surface area contributed by atoms with E-state index in [1.165, 1.54) is 5.56 Å². The number of aromatic nitrogens is 1. The number of carboxylic acid groups (broad SMARTS) is 1. The van der Waals surface area contributed by atoms with Crippen LogP contribution in [0.4, 0.5) is 0 Å². The van der Waals surface area contributed by atoms with E-state index in [4.69, 9.17) is 0 Å². The number of carboxylic acids is 1. The van der Waals surface area contributed by atoms with Crippen LogP contribution in [0, 0.1) is 11.3 Å². The highest BCUT2D eigenvalue weighted by molar-refractivity contribution is 6.01. The summed E-state index contributed by atoms with van der Waals surface area (Å²) in [4.78, 5) is 31.1. The van der Waals surface area contributed by atoms with Crippen molar-refractivity contribution in [3.05, 3.63) is 30.1 Å².